The number of hydrogen-bond acceptors (Lipinski definition) is 5. The van der Waals surface area contributed by atoms with Gasteiger partial charge in [-0.3, -0.25) is 4.79 Å². The SMILES string of the molecule is COc1cc(OC)c(OC)cc1CNC(=O)COc1cc(C)ccc1Cl. The molecule has 6 nitrogen and oxygen atoms in total. The summed E-state index contributed by atoms with van der Waals surface area (Å²) in [6, 6.07) is 8.86. The zero-order chi connectivity index (χ0) is 19.1. The first-order valence-corrected chi connectivity index (χ1v) is 8.30. The molecule has 0 spiro atoms. The molecule has 0 aliphatic heterocycles. The van der Waals surface area contributed by atoms with Gasteiger partial charge in [-0.2, -0.15) is 0 Å². The fourth-order valence-corrected chi connectivity index (χ4v) is 2.51. The monoisotopic (exact) mass is 379 g/mol. The maximum absolute atomic E-state index is 12.1. The predicted molar refractivity (Wildman–Crippen MR) is 99.6 cm³/mol. The van der Waals surface area contributed by atoms with Crippen LogP contribution in [0.1, 0.15) is 11.1 Å². The molecule has 140 valence electrons. The second-order valence-corrected chi connectivity index (χ2v) is 5.93. The van der Waals surface area contributed by atoms with E-state index in [0.717, 1.165) is 11.1 Å². The van der Waals surface area contributed by atoms with Gasteiger partial charge in [0.15, 0.2) is 18.1 Å². The topological polar surface area (TPSA) is 66.0 Å². The van der Waals surface area contributed by atoms with Crippen molar-refractivity contribution in [1.82, 2.24) is 5.32 Å². The Morgan fingerprint density at radius 2 is 1.62 bits per heavy atom. The quantitative estimate of drug-likeness (QED) is 0.761. The Balaban J connectivity index is 1.99. The number of amides is 1. The van der Waals surface area contributed by atoms with Gasteiger partial charge >= 0.3 is 0 Å². The van der Waals surface area contributed by atoms with Crippen molar-refractivity contribution in [3.05, 3.63) is 46.5 Å². The number of halogens is 1. The molecule has 1 N–H and O–H groups in total. The number of aryl methyl sites for hydroxylation is 1. The summed E-state index contributed by atoms with van der Waals surface area (Å²) >= 11 is 6.06. The van der Waals surface area contributed by atoms with Crippen LogP contribution in [0.2, 0.25) is 5.02 Å². The standard InChI is InChI=1S/C19H22ClNO5/c1-12-5-6-14(20)16(7-12)26-11-19(22)21-10-13-8-17(24-3)18(25-4)9-15(13)23-2/h5-9H,10-11H2,1-4H3,(H,21,22). The Bertz CT molecular complexity index is 779. The molecule has 0 atom stereocenters. The minimum Gasteiger partial charge on any atom is -0.496 e. The molecule has 0 saturated heterocycles. The zero-order valence-electron chi connectivity index (χ0n) is 15.2. The van der Waals surface area contributed by atoms with Crippen molar-refractivity contribution in [3.63, 3.8) is 0 Å². The molecule has 0 aromatic heterocycles. The van der Waals surface area contributed by atoms with E-state index in [4.69, 9.17) is 30.5 Å². The molecule has 2 aromatic rings. The van der Waals surface area contributed by atoms with Gasteiger partial charge in [-0.15, -0.1) is 0 Å². The summed E-state index contributed by atoms with van der Waals surface area (Å²) in [6.45, 7) is 2.04. The molecule has 0 fully saturated rings. The summed E-state index contributed by atoms with van der Waals surface area (Å²) in [5, 5.41) is 3.25. The van der Waals surface area contributed by atoms with Crippen LogP contribution in [0.5, 0.6) is 23.0 Å². The van der Waals surface area contributed by atoms with Crippen LogP contribution in [-0.4, -0.2) is 33.8 Å². The highest BCUT2D eigenvalue weighted by Crippen LogP contribution is 2.34. The van der Waals surface area contributed by atoms with Gasteiger partial charge in [0.1, 0.15) is 11.5 Å². The van der Waals surface area contributed by atoms with Gasteiger partial charge in [0.05, 0.1) is 26.4 Å². The average molecular weight is 380 g/mol. The van der Waals surface area contributed by atoms with Crippen LogP contribution in [0.3, 0.4) is 0 Å². The number of carbonyl (C=O) groups is 1. The van der Waals surface area contributed by atoms with Gasteiger partial charge in [-0.25, -0.2) is 0 Å². The van der Waals surface area contributed by atoms with Gasteiger partial charge < -0.3 is 24.3 Å². The Kier molecular flexibility index (Phi) is 6.97. The summed E-state index contributed by atoms with van der Waals surface area (Å²) < 4.78 is 21.4. The lowest BCUT2D eigenvalue weighted by molar-refractivity contribution is -0.123. The molecule has 1 amide bonds. The van der Waals surface area contributed by atoms with E-state index in [0.29, 0.717) is 28.0 Å². The lowest BCUT2D eigenvalue weighted by Crippen LogP contribution is -2.28. The van der Waals surface area contributed by atoms with Gasteiger partial charge in [0, 0.05) is 18.2 Å². The van der Waals surface area contributed by atoms with Crippen molar-refractivity contribution in [2.75, 3.05) is 27.9 Å². The molecule has 26 heavy (non-hydrogen) atoms. The van der Waals surface area contributed by atoms with E-state index < -0.39 is 0 Å². The summed E-state index contributed by atoms with van der Waals surface area (Å²) in [5.74, 6) is 1.90. The van der Waals surface area contributed by atoms with Gasteiger partial charge in [-0.05, 0) is 30.7 Å². The van der Waals surface area contributed by atoms with Crippen molar-refractivity contribution in [3.8, 4) is 23.0 Å². The highest BCUT2D eigenvalue weighted by atomic mass is 35.5. The number of carbonyl (C=O) groups excluding carboxylic acids is 1. The Labute approximate surface area is 158 Å². The molecular formula is C19H22ClNO5. The van der Waals surface area contributed by atoms with E-state index in [1.165, 1.54) is 0 Å². The van der Waals surface area contributed by atoms with Crippen molar-refractivity contribution in [2.45, 2.75) is 13.5 Å². The first-order valence-electron chi connectivity index (χ1n) is 7.93. The second kappa shape index (κ2) is 9.20. The van der Waals surface area contributed by atoms with Crippen LogP contribution in [0.25, 0.3) is 0 Å². The second-order valence-electron chi connectivity index (χ2n) is 5.52. The van der Waals surface area contributed by atoms with Crippen molar-refractivity contribution < 1.29 is 23.7 Å². The van der Waals surface area contributed by atoms with Crippen LogP contribution in [-0.2, 0) is 11.3 Å². The lowest BCUT2D eigenvalue weighted by Gasteiger charge is -2.15. The third kappa shape index (κ3) is 4.95. The fraction of sp³-hybridized carbons (Fsp3) is 0.316. The summed E-state index contributed by atoms with van der Waals surface area (Å²) in [7, 11) is 4.65. The molecule has 2 aromatic carbocycles. The van der Waals surface area contributed by atoms with Crippen LogP contribution >= 0.6 is 11.6 Å². The largest absolute Gasteiger partial charge is 0.496 e. The molecule has 7 heteroatoms. The Morgan fingerprint density at radius 3 is 2.27 bits per heavy atom. The maximum atomic E-state index is 12.1. The summed E-state index contributed by atoms with van der Waals surface area (Å²) in [4.78, 5) is 12.1. The molecule has 0 saturated carbocycles. The molecule has 0 radical (unpaired) electrons. The van der Waals surface area contributed by atoms with Crippen LogP contribution in [0.4, 0.5) is 0 Å². The van der Waals surface area contributed by atoms with E-state index in [1.54, 1.807) is 45.6 Å². The molecule has 0 bridgehead atoms. The van der Waals surface area contributed by atoms with E-state index in [9.17, 15) is 4.79 Å². The van der Waals surface area contributed by atoms with Crippen LogP contribution in [0, 0.1) is 6.92 Å². The number of rotatable bonds is 8. The Hall–Kier alpha value is -2.60. The van der Waals surface area contributed by atoms with Gasteiger partial charge in [0.2, 0.25) is 0 Å². The molecule has 2 rings (SSSR count). The highest BCUT2D eigenvalue weighted by molar-refractivity contribution is 6.32. The lowest BCUT2D eigenvalue weighted by atomic mass is 10.1. The van der Waals surface area contributed by atoms with E-state index in [2.05, 4.69) is 5.32 Å². The Morgan fingerprint density at radius 1 is 0.962 bits per heavy atom. The number of hydrogen-bond donors (Lipinski definition) is 1. The normalized spacial score (nSPS) is 10.2. The van der Waals surface area contributed by atoms with Crippen LogP contribution in [0.15, 0.2) is 30.3 Å². The maximum Gasteiger partial charge on any atom is 0.258 e. The third-order valence-electron chi connectivity index (χ3n) is 3.71. The predicted octanol–water partition coefficient (Wildman–Crippen LogP) is 3.37. The first-order chi connectivity index (χ1) is 12.5. The summed E-state index contributed by atoms with van der Waals surface area (Å²) in [5.41, 5.74) is 1.76. The molecule has 0 aliphatic rings. The zero-order valence-corrected chi connectivity index (χ0v) is 16.0. The van der Waals surface area contributed by atoms with Crippen molar-refractivity contribution >= 4 is 17.5 Å². The van der Waals surface area contributed by atoms with Gasteiger partial charge in [0.25, 0.3) is 5.91 Å². The fourth-order valence-electron chi connectivity index (χ4n) is 2.34. The number of methoxy groups -OCH3 is 3. The smallest absolute Gasteiger partial charge is 0.258 e. The third-order valence-corrected chi connectivity index (χ3v) is 4.02. The minimum atomic E-state index is -0.278. The van der Waals surface area contributed by atoms with Crippen molar-refractivity contribution in [2.24, 2.45) is 0 Å². The highest BCUT2D eigenvalue weighted by Gasteiger charge is 2.13. The molecular weight excluding hydrogens is 358 g/mol. The number of ether oxygens (including phenoxy) is 4. The average Bonchev–Trinajstić information content (AvgIpc) is 2.66. The number of nitrogens with one attached hydrogen (secondary N) is 1. The molecule has 0 aliphatic carbocycles. The minimum absolute atomic E-state index is 0.140. The van der Waals surface area contributed by atoms with E-state index in [1.807, 2.05) is 13.0 Å². The summed E-state index contributed by atoms with van der Waals surface area (Å²) in [6.07, 6.45) is 0. The molecule has 0 heterocycles. The van der Waals surface area contributed by atoms with E-state index >= 15 is 0 Å². The van der Waals surface area contributed by atoms with E-state index in [-0.39, 0.29) is 19.1 Å². The first kappa shape index (κ1) is 19.7. The van der Waals surface area contributed by atoms with Gasteiger partial charge in [-0.1, -0.05) is 17.7 Å². The molecule has 0 unspecified atom stereocenters. The van der Waals surface area contributed by atoms with Crippen molar-refractivity contribution in [1.29, 1.82) is 0 Å². The van der Waals surface area contributed by atoms with Crippen LogP contribution < -0.4 is 24.3 Å². The number of benzene rings is 2.